The number of aliphatic hydroxyl groups is 1. The molecule has 4 heterocycles. The van der Waals surface area contributed by atoms with Crippen molar-refractivity contribution in [2.75, 3.05) is 32.7 Å². The highest BCUT2D eigenvalue weighted by Crippen LogP contribution is 2.40. The van der Waals surface area contributed by atoms with Crippen LogP contribution in [-0.4, -0.2) is 87.9 Å². The molecule has 56 heavy (non-hydrogen) atoms. The lowest BCUT2D eigenvalue weighted by Gasteiger charge is -2.31. The van der Waals surface area contributed by atoms with E-state index in [1.807, 2.05) is 61.5 Å². The first-order valence-electron chi connectivity index (χ1n) is 18.9. The summed E-state index contributed by atoms with van der Waals surface area (Å²) in [4.78, 5) is 84.8. The van der Waals surface area contributed by atoms with Crippen LogP contribution in [0.5, 0.6) is 0 Å². The van der Waals surface area contributed by atoms with Crippen molar-refractivity contribution in [3.63, 3.8) is 0 Å². The highest BCUT2D eigenvalue weighted by atomic mass is 16.6. The zero-order valence-electron chi connectivity index (χ0n) is 31.6. The first-order chi connectivity index (χ1) is 27.0. The molecule has 0 aliphatic carbocycles. The highest BCUT2D eigenvalue weighted by molar-refractivity contribution is 5.93. The fourth-order valence-electron chi connectivity index (χ4n) is 7.31. The van der Waals surface area contributed by atoms with E-state index in [-0.39, 0.29) is 68.2 Å². The van der Waals surface area contributed by atoms with Gasteiger partial charge in [-0.2, -0.15) is 0 Å². The standard InChI is InChI=1S/C41H47N7O8/c1-3-5-16-47(36(51)22-44-38(52)32(18-25-11-7-6-8-12-25)45-35(50)21-43-34(49)20-42)17-15-26-27-13-9-10-14-31(27)46-37-28(26)23-48-33(37)19-30-29(39(48)53)24-56-40(54)41(30,55)4-2/h6-14,19,32,55H,3-5,15-18,20-24,42H2,1-2H3,(H,43,49)(H,44,52)(H,45,50)/t32-,41-/m0/s1. The molecule has 0 saturated carbocycles. The van der Waals surface area contributed by atoms with Gasteiger partial charge in [0, 0.05) is 36.0 Å². The molecular formula is C41H47N7O8. The van der Waals surface area contributed by atoms with E-state index in [4.69, 9.17) is 15.5 Å². The number of hydrogen-bond donors (Lipinski definition) is 5. The van der Waals surface area contributed by atoms with Crippen molar-refractivity contribution < 1.29 is 33.8 Å². The Labute approximate surface area is 323 Å². The number of unbranched alkanes of at least 4 members (excludes halogenated alkanes) is 1. The van der Waals surface area contributed by atoms with Crippen molar-refractivity contribution in [1.29, 1.82) is 0 Å². The van der Waals surface area contributed by atoms with Crippen molar-refractivity contribution in [1.82, 2.24) is 30.4 Å². The number of nitrogens with one attached hydrogen (secondary N) is 3. The number of pyridine rings is 2. The topological polar surface area (TPSA) is 215 Å². The maximum absolute atomic E-state index is 13.9. The molecule has 2 aliphatic heterocycles. The van der Waals surface area contributed by atoms with Crippen LogP contribution in [0.2, 0.25) is 0 Å². The summed E-state index contributed by atoms with van der Waals surface area (Å²) >= 11 is 0. The number of nitrogens with zero attached hydrogens (tertiary/aromatic N) is 3. The Morgan fingerprint density at radius 3 is 2.46 bits per heavy atom. The second-order valence-electron chi connectivity index (χ2n) is 14.0. The van der Waals surface area contributed by atoms with Gasteiger partial charge in [-0.15, -0.1) is 0 Å². The summed E-state index contributed by atoms with van der Waals surface area (Å²) in [5.41, 5.74) is 7.76. The van der Waals surface area contributed by atoms with Gasteiger partial charge in [0.05, 0.1) is 48.6 Å². The number of aromatic nitrogens is 2. The minimum Gasteiger partial charge on any atom is -0.458 e. The Morgan fingerprint density at radius 1 is 0.982 bits per heavy atom. The summed E-state index contributed by atoms with van der Waals surface area (Å²) in [5.74, 6) is -2.75. The third-order valence-corrected chi connectivity index (χ3v) is 10.5. The van der Waals surface area contributed by atoms with E-state index >= 15 is 0 Å². The van der Waals surface area contributed by atoms with Gasteiger partial charge in [0.2, 0.25) is 23.6 Å². The largest absolute Gasteiger partial charge is 0.458 e. The van der Waals surface area contributed by atoms with Gasteiger partial charge in [0.25, 0.3) is 5.56 Å². The number of nitrogens with two attached hydrogens (primary N) is 1. The lowest BCUT2D eigenvalue weighted by Crippen LogP contribution is -2.52. The SMILES string of the molecule is CCCCN(CCc1c2c(nc3ccccc13)-c1cc3c(c(=O)n1C2)COC(=O)[C@]3(O)CC)C(=O)CNC(=O)[C@H](Cc1ccccc1)NC(=O)CNC(=O)CN. The molecule has 6 rings (SSSR count). The van der Waals surface area contributed by atoms with E-state index in [1.165, 1.54) is 0 Å². The molecule has 2 aromatic carbocycles. The summed E-state index contributed by atoms with van der Waals surface area (Å²) in [6.07, 6.45) is 2.16. The maximum Gasteiger partial charge on any atom is 0.343 e. The first kappa shape index (κ1) is 39.8. The van der Waals surface area contributed by atoms with E-state index in [0.29, 0.717) is 36.4 Å². The molecule has 0 bridgehead atoms. The van der Waals surface area contributed by atoms with E-state index < -0.39 is 35.3 Å². The van der Waals surface area contributed by atoms with Crippen LogP contribution in [0.25, 0.3) is 22.3 Å². The molecule has 4 amide bonds. The molecule has 0 spiro atoms. The molecule has 15 heteroatoms. The summed E-state index contributed by atoms with van der Waals surface area (Å²) < 4.78 is 6.83. The smallest absolute Gasteiger partial charge is 0.343 e. The van der Waals surface area contributed by atoms with Crippen molar-refractivity contribution >= 4 is 40.5 Å². The summed E-state index contributed by atoms with van der Waals surface area (Å²) in [6, 6.07) is 17.4. The number of esters is 1. The summed E-state index contributed by atoms with van der Waals surface area (Å²) in [7, 11) is 0. The second kappa shape index (κ2) is 17.3. The fraction of sp³-hybridized carbons (Fsp3) is 0.390. The van der Waals surface area contributed by atoms with Crippen LogP contribution in [-0.2, 0) is 60.3 Å². The minimum atomic E-state index is -1.95. The zero-order chi connectivity index (χ0) is 40.0. The predicted molar refractivity (Wildman–Crippen MR) is 207 cm³/mol. The van der Waals surface area contributed by atoms with Gasteiger partial charge in [0.15, 0.2) is 5.60 Å². The molecule has 15 nitrogen and oxygen atoms in total. The number of ether oxygens (including phenoxy) is 1. The zero-order valence-corrected chi connectivity index (χ0v) is 31.6. The third kappa shape index (κ3) is 8.19. The Morgan fingerprint density at radius 2 is 1.73 bits per heavy atom. The Bertz CT molecular complexity index is 2220. The molecule has 0 fully saturated rings. The van der Waals surface area contributed by atoms with Gasteiger partial charge in [-0.1, -0.05) is 68.8 Å². The van der Waals surface area contributed by atoms with E-state index in [9.17, 15) is 33.9 Å². The van der Waals surface area contributed by atoms with Gasteiger partial charge in [0.1, 0.15) is 12.6 Å². The van der Waals surface area contributed by atoms with Crippen LogP contribution in [0.1, 0.15) is 60.9 Å². The molecule has 2 aliphatic rings. The van der Waals surface area contributed by atoms with E-state index in [0.717, 1.165) is 34.9 Å². The van der Waals surface area contributed by atoms with Crippen LogP contribution < -0.4 is 27.2 Å². The van der Waals surface area contributed by atoms with Crippen LogP contribution in [0, 0.1) is 0 Å². The molecule has 0 saturated heterocycles. The lowest BCUT2D eigenvalue weighted by atomic mass is 9.86. The quantitative estimate of drug-likeness (QED) is 0.0905. The molecule has 6 N–H and O–H groups in total. The number of cyclic esters (lactones) is 1. The van der Waals surface area contributed by atoms with Crippen LogP contribution in [0.15, 0.2) is 65.5 Å². The third-order valence-electron chi connectivity index (χ3n) is 10.5. The van der Waals surface area contributed by atoms with Crippen molar-refractivity contribution in [3.05, 3.63) is 98.8 Å². The number of carbonyl (C=O) groups is 5. The van der Waals surface area contributed by atoms with Crippen LogP contribution in [0.4, 0.5) is 0 Å². The Hall–Kier alpha value is -5.93. The monoisotopic (exact) mass is 765 g/mol. The molecule has 0 radical (unpaired) electrons. The number of amides is 4. The summed E-state index contributed by atoms with van der Waals surface area (Å²) in [5, 5.41) is 20.0. The average Bonchev–Trinajstić information content (AvgIpc) is 3.58. The van der Waals surface area contributed by atoms with Gasteiger partial charge in [-0.3, -0.25) is 24.0 Å². The number of rotatable bonds is 16. The van der Waals surface area contributed by atoms with Crippen molar-refractivity contribution in [2.24, 2.45) is 5.73 Å². The average molecular weight is 766 g/mol. The number of hydrogen-bond acceptors (Lipinski definition) is 10. The van der Waals surface area contributed by atoms with Gasteiger partial charge < -0.3 is 41.0 Å². The Kier molecular flexibility index (Phi) is 12.2. The first-order valence-corrected chi connectivity index (χ1v) is 18.9. The number of benzene rings is 2. The van der Waals surface area contributed by atoms with E-state index in [2.05, 4.69) is 16.0 Å². The number of carbonyl (C=O) groups excluding carboxylic acids is 5. The minimum absolute atomic E-state index is 0.0320. The molecule has 2 aromatic heterocycles. The maximum atomic E-state index is 13.9. The molecule has 0 unspecified atom stereocenters. The predicted octanol–water partition coefficient (Wildman–Crippen LogP) is 1.17. The normalized spacial score (nSPS) is 15.9. The van der Waals surface area contributed by atoms with Gasteiger partial charge >= 0.3 is 5.97 Å². The van der Waals surface area contributed by atoms with Crippen LogP contribution in [0.3, 0.4) is 0 Å². The lowest BCUT2D eigenvalue weighted by molar-refractivity contribution is -0.172. The van der Waals surface area contributed by atoms with Crippen molar-refractivity contribution in [2.45, 2.75) is 70.7 Å². The fourth-order valence-corrected chi connectivity index (χ4v) is 7.31. The number of para-hydroxylation sites is 1. The van der Waals surface area contributed by atoms with E-state index in [1.54, 1.807) is 22.5 Å². The summed E-state index contributed by atoms with van der Waals surface area (Å²) in [6.45, 7) is 3.46. The van der Waals surface area contributed by atoms with Gasteiger partial charge in [-0.05, 0) is 42.5 Å². The molecular weight excluding hydrogens is 718 g/mol. The molecule has 294 valence electrons. The highest BCUT2D eigenvalue weighted by Gasteiger charge is 2.45. The molecule has 2 atom stereocenters. The van der Waals surface area contributed by atoms with Crippen molar-refractivity contribution in [3.8, 4) is 11.4 Å². The van der Waals surface area contributed by atoms with Crippen LogP contribution >= 0.6 is 0 Å². The van der Waals surface area contributed by atoms with Gasteiger partial charge in [-0.25, -0.2) is 9.78 Å². The molecule has 4 aromatic rings. The second-order valence-corrected chi connectivity index (χ2v) is 14.0. The number of fused-ring (bicyclic) bond motifs is 5. The Balaban J connectivity index is 1.23.